The Balaban J connectivity index is 3.07. The lowest BCUT2D eigenvalue weighted by molar-refractivity contribution is 0.353. The van der Waals surface area contributed by atoms with Gasteiger partial charge in [-0.25, -0.2) is 0 Å². The first-order valence-corrected chi connectivity index (χ1v) is 8.09. The van der Waals surface area contributed by atoms with Gasteiger partial charge in [0.25, 0.3) is 0 Å². The molecule has 0 aromatic rings. The summed E-state index contributed by atoms with van der Waals surface area (Å²) in [4.78, 5) is 0. The van der Waals surface area contributed by atoms with Gasteiger partial charge >= 0.3 is 0 Å². The Morgan fingerprint density at radius 2 is 1.94 bits per heavy atom. The molecule has 0 N–H and O–H groups in total. The monoisotopic (exact) mass is 235 g/mol. The van der Waals surface area contributed by atoms with E-state index in [9.17, 15) is 0 Å². The van der Waals surface area contributed by atoms with Crippen molar-refractivity contribution in [3.8, 4) is 0 Å². The summed E-state index contributed by atoms with van der Waals surface area (Å²) in [5.74, 6) is 0. The van der Waals surface area contributed by atoms with Crippen molar-refractivity contribution in [1.82, 2.24) is 0 Å². The highest BCUT2D eigenvalue weighted by Gasteiger charge is 2.33. The molecule has 0 saturated heterocycles. The molecule has 0 unspecified atom stereocenters. The minimum Gasteiger partial charge on any atom is -0.266 e. The van der Waals surface area contributed by atoms with Crippen LogP contribution in [0.5, 0.6) is 0 Å². The summed E-state index contributed by atoms with van der Waals surface area (Å²) < 4.78 is 4.77. The Bertz CT molecular complexity index is 316. The summed E-state index contributed by atoms with van der Waals surface area (Å²) in [7, 11) is -0.264. The molecule has 16 heavy (non-hydrogen) atoms. The van der Waals surface area contributed by atoms with Crippen molar-refractivity contribution >= 4 is 13.8 Å². The van der Waals surface area contributed by atoms with Crippen molar-refractivity contribution in [2.75, 3.05) is 13.3 Å². The molecule has 0 aromatic heterocycles. The van der Waals surface area contributed by atoms with Crippen LogP contribution >= 0.6 is 8.07 Å². The predicted molar refractivity (Wildman–Crippen MR) is 75.6 cm³/mol. The third-order valence-electron chi connectivity index (χ3n) is 3.14. The molecule has 1 nitrogen and oxygen atoms in total. The maximum atomic E-state index is 4.77. The second-order valence-electron chi connectivity index (χ2n) is 4.60. The molecule has 0 aromatic carbocycles. The zero-order chi connectivity index (χ0) is 12.0. The van der Waals surface area contributed by atoms with Crippen LogP contribution in [0.1, 0.15) is 32.1 Å². The van der Waals surface area contributed by atoms with Gasteiger partial charge in [-0.2, -0.15) is 0 Å². The molecule has 0 bridgehead atoms. The van der Waals surface area contributed by atoms with Crippen LogP contribution in [-0.2, 0) is 0 Å². The summed E-state index contributed by atoms with van der Waals surface area (Å²) >= 11 is 0. The van der Waals surface area contributed by atoms with E-state index in [4.69, 9.17) is 4.76 Å². The minimum atomic E-state index is -0.264. The first kappa shape index (κ1) is 13.4. The fraction of sp³-hybridized carbons (Fsp3) is 0.571. The van der Waals surface area contributed by atoms with Gasteiger partial charge in [0, 0.05) is 19.2 Å². The van der Waals surface area contributed by atoms with E-state index in [1.807, 2.05) is 6.08 Å². The standard InChI is InChI=1S/C14H22NP/c1-5-10-14(11-8-7-9-12-14)13(6-2)15-16(3)4/h6,10H,1-2,7-9,11-12H2,3-4H3/b15-13+. The van der Waals surface area contributed by atoms with Gasteiger partial charge in [-0.15, -0.1) is 5.73 Å². The average Bonchev–Trinajstić information content (AvgIpc) is 2.27. The number of hydrogen-bond donors (Lipinski definition) is 0. The molecule has 0 radical (unpaired) electrons. The summed E-state index contributed by atoms with van der Waals surface area (Å²) in [5, 5.41) is 0. The largest absolute Gasteiger partial charge is 0.266 e. The summed E-state index contributed by atoms with van der Waals surface area (Å²) in [5.41, 5.74) is 4.20. The van der Waals surface area contributed by atoms with Crippen LogP contribution in [0.4, 0.5) is 0 Å². The quantitative estimate of drug-likeness (QED) is 0.385. The van der Waals surface area contributed by atoms with Gasteiger partial charge in [0.2, 0.25) is 0 Å². The van der Waals surface area contributed by atoms with E-state index < -0.39 is 0 Å². The highest BCUT2D eigenvalue weighted by molar-refractivity contribution is 7.54. The lowest BCUT2D eigenvalue weighted by atomic mass is 9.70. The number of nitrogens with zero attached hydrogens (tertiary/aromatic N) is 1. The molecular formula is C14H22NP. The summed E-state index contributed by atoms with van der Waals surface area (Å²) in [6, 6.07) is 0. The van der Waals surface area contributed by atoms with E-state index in [1.54, 1.807) is 0 Å². The summed E-state index contributed by atoms with van der Waals surface area (Å²) in [6.45, 7) is 12.0. The van der Waals surface area contributed by atoms with Crippen molar-refractivity contribution in [3.05, 3.63) is 31.0 Å². The van der Waals surface area contributed by atoms with Crippen LogP contribution < -0.4 is 0 Å². The van der Waals surface area contributed by atoms with E-state index in [2.05, 4.69) is 38.3 Å². The fourth-order valence-electron chi connectivity index (χ4n) is 2.41. The summed E-state index contributed by atoms with van der Waals surface area (Å²) in [6.07, 6.45) is 10.3. The molecule has 0 amide bonds. The zero-order valence-corrected chi connectivity index (χ0v) is 11.4. The molecule has 2 heteroatoms. The van der Waals surface area contributed by atoms with Crippen LogP contribution in [0, 0.1) is 5.41 Å². The topological polar surface area (TPSA) is 12.4 Å². The number of rotatable bonds is 4. The number of allylic oxidation sites excluding steroid dienone is 2. The lowest BCUT2D eigenvalue weighted by Gasteiger charge is -2.34. The SMILES string of the molecule is C=C=CC1(/C(C=C)=N/P(C)C)CCCCC1. The van der Waals surface area contributed by atoms with Gasteiger partial charge in [0.1, 0.15) is 0 Å². The average molecular weight is 235 g/mol. The Hall–Kier alpha value is -0.640. The fourth-order valence-corrected chi connectivity index (χ4v) is 3.12. The molecule has 1 rings (SSSR count). The van der Waals surface area contributed by atoms with Gasteiger partial charge in [-0.3, -0.25) is 4.76 Å². The van der Waals surface area contributed by atoms with Crippen LogP contribution in [-0.4, -0.2) is 19.0 Å². The second kappa shape index (κ2) is 6.18. The van der Waals surface area contributed by atoms with E-state index >= 15 is 0 Å². The normalized spacial score (nSPS) is 20.3. The van der Waals surface area contributed by atoms with Gasteiger partial charge in [-0.05, 0) is 38.3 Å². The van der Waals surface area contributed by atoms with Gasteiger partial charge in [0.15, 0.2) is 0 Å². The first-order chi connectivity index (χ1) is 7.64. The maximum absolute atomic E-state index is 4.77. The van der Waals surface area contributed by atoms with E-state index in [-0.39, 0.29) is 13.5 Å². The highest BCUT2D eigenvalue weighted by atomic mass is 31.1. The van der Waals surface area contributed by atoms with Crippen LogP contribution in [0.2, 0.25) is 0 Å². The van der Waals surface area contributed by atoms with Gasteiger partial charge in [0.05, 0.1) is 0 Å². The Labute approximate surface area is 101 Å². The third-order valence-corrected chi connectivity index (χ3v) is 3.75. The van der Waals surface area contributed by atoms with Crippen molar-refractivity contribution in [3.63, 3.8) is 0 Å². The zero-order valence-electron chi connectivity index (χ0n) is 10.5. The molecule has 0 spiro atoms. The molecule has 1 aliphatic carbocycles. The van der Waals surface area contributed by atoms with Crippen LogP contribution in [0.3, 0.4) is 0 Å². The van der Waals surface area contributed by atoms with E-state index in [1.165, 1.54) is 32.1 Å². The van der Waals surface area contributed by atoms with E-state index in [0.29, 0.717) is 0 Å². The van der Waals surface area contributed by atoms with Crippen molar-refractivity contribution in [1.29, 1.82) is 0 Å². The maximum Gasteiger partial charge on any atom is 0.0491 e. The van der Waals surface area contributed by atoms with Crippen molar-refractivity contribution in [2.45, 2.75) is 32.1 Å². The van der Waals surface area contributed by atoms with Crippen molar-refractivity contribution in [2.24, 2.45) is 10.2 Å². The molecular weight excluding hydrogens is 213 g/mol. The molecule has 0 aliphatic heterocycles. The molecule has 1 fully saturated rings. The second-order valence-corrected chi connectivity index (χ2v) is 6.50. The third kappa shape index (κ3) is 3.17. The van der Waals surface area contributed by atoms with Gasteiger partial charge in [-0.1, -0.05) is 32.4 Å². The molecule has 0 atom stereocenters. The minimum absolute atomic E-state index is 0.0777. The van der Waals surface area contributed by atoms with E-state index in [0.717, 1.165) is 5.71 Å². The number of hydrogen-bond acceptors (Lipinski definition) is 1. The predicted octanol–water partition coefficient (Wildman–Crippen LogP) is 4.56. The smallest absolute Gasteiger partial charge is 0.0491 e. The molecule has 0 heterocycles. The van der Waals surface area contributed by atoms with Crippen LogP contribution in [0.15, 0.2) is 35.8 Å². The Morgan fingerprint density at radius 1 is 1.31 bits per heavy atom. The molecule has 1 aliphatic rings. The first-order valence-electron chi connectivity index (χ1n) is 5.90. The Kier molecular flexibility index (Phi) is 5.19. The molecule has 1 saturated carbocycles. The van der Waals surface area contributed by atoms with Crippen molar-refractivity contribution < 1.29 is 0 Å². The lowest BCUT2D eigenvalue weighted by Crippen LogP contribution is -2.30. The highest BCUT2D eigenvalue weighted by Crippen LogP contribution is 2.41. The van der Waals surface area contributed by atoms with Gasteiger partial charge < -0.3 is 0 Å². The molecule has 88 valence electrons. The Morgan fingerprint density at radius 3 is 2.38 bits per heavy atom. The van der Waals surface area contributed by atoms with Crippen LogP contribution in [0.25, 0.3) is 0 Å².